The summed E-state index contributed by atoms with van der Waals surface area (Å²) < 4.78 is 0. The lowest BCUT2D eigenvalue weighted by Gasteiger charge is -2.25. The van der Waals surface area contributed by atoms with Crippen LogP contribution in [0.15, 0.2) is 48.7 Å². The zero-order valence-corrected chi connectivity index (χ0v) is 11.6. The van der Waals surface area contributed by atoms with Gasteiger partial charge in [0.15, 0.2) is 0 Å². The molecule has 1 atom stereocenters. The molecule has 98 valence electrons. The van der Waals surface area contributed by atoms with Crippen molar-refractivity contribution >= 4 is 11.6 Å². The maximum atomic E-state index is 6.23. The molecule has 1 aromatic heterocycles. The zero-order chi connectivity index (χ0) is 13.1. The first-order valence-corrected chi connectivity index (χ1v) is 7.11. The van der Waals surface area contributed by atoms with E-state index < -0.39 is 0 Å². The molecule has 1 fully saturated rings. The normalized spacial score (nSPS) is 19.7. The van der Waals surface area contributed by atoms with Crippen molar-refractivity contribution in [1.29, 1.82) is 0 Å². The highest BCUT2D eigenvalue weighted by Crippen LogP contribution is 2.35. The number of hydrogen-bond donors (Lipinski definition) is 0. The molecular formula is C16H17ClN2. The van der Waals surface area contributed by atoms with Crippen molar-refractivity contribution in [1.82, 2.24) is 9.88 Å². The second-order valence-electron chi connectivity index (χ2n) is 5.00. The highest BCUT2D eigenvalue weighted by atomic mass is 35.5. The molecule has 2 heterocycles. The van der Waals surface area contributed by atoms with Crippen LogP contribution in [-0.2, 0) is 6.54 Å². The predicted molar refractivity (Wildman–Crippen MR) is 78.1 cm³/mol. The maximum absolute atomic E-state index is 6.23. The molecule has 1 saturated heterocycles. The van der Waals surface area contributed by atoms with Gasteiger partial charge in [0.25, 0.3) is 0 Å². The van der Waals surface area contributed by atoms with Gasteiger partial charge in [-0.2, -0.15) is 0 Å². The van der Waals surface area contributed by atoms with Crippen LogP contribution >= 0.6 is 11.6 Å². The van der Waals surface area contributed by atoms with Gasteiger partial charge >= 0.3 is 0 Å². The van der Waals surface area contributed by atoms with Crippen LogP contribution in [0, 0.1) is 0 Å². The summed E-state index contributed by atoms with van der Waals surface area (Å²) in [5.74, 6) is 0. The number of rotatable bonds is 3. The van der Waals surface area contributed by atoms with Crippen LogP contribution in [-0.4, -0.2) is 16.4 Å². The molecule has 3 rings (SSSR count). The van der Waals surface area contributed by atoms with Crippen molar-refractivity contribution in [2.24, 2.45) is 0 Å². The van der Waals surface area contributed by atoms with Crippen LogP contribution in [0.1, 0.15) is 30.0 Å². The van der Waals surface area contributed by atoms with E-state index in [4.69, 9.17) is 11.6 Å². The van der Waals surface area contributed by atoms with Crippen molar-refractivity contribution < 1.29 is 0 Å². The van der Waals surface area contributed by atoms with E-state index in [1.165, 1.54) is 12.0 Å². The fourth-order valence-corrected chi connectivity index (χ4v) is 3.08. The molecule has 1 aliphatic rings. The minimum absolute atomic E-state index is 0.404. The van der Waals surface area contributed by atoms with Crippen molar-refractivity contribution in [3.8, 4) is 0 Å². The number of hydrogen-bond acceptors (Lipinski definition) is 2. The summed E-state index contributed by atoms with van der Waals surface area (Å²) in [6.07, 6.45) is 4.14. The summed E-state index contributed by atoms with van der Waals surface area (Å²) in [6, 6.07) is 15.1. The predicted octanol–water partition coefficient (Wildman–Crippen LogP) is 4.07. The second kappa shape index (κ2) is 5.72. The van der Waals surface area contributed by atoms with E-state index in [1.807, 2.05) is 6.07 Å². The first-order chi connectivity index (χ1) is 9.34. The fourth-order valence-electron chi connectivity index (χ4n) is 2.83. The van der Waals surface area contributed by atoms with Gasteiger partial charge in [-0.25, -0.2) is 4.98 Å². The van der Waals surface area contributed by atoms with E-state index in [-0.39, 0.29) is 0 Å². The monoisotopic (exact) mass is 272 g/mol. The summed E-state index contributed by atoms with van der Waals surface area (Å²) >= 11 is 6.23. The van der Waals surface area contributed by atoms with Gasteiger partial charge in [-0.1, -0.05) is 48.0 Å². The molecule has 2 nitrogen and oxygen atoms in total. The highest BCUT2D eigenvalue weighted by molar-refractivity contribution is 6.30. The molecule has 19 heavy (non-hydrogen) atoms. The standard InChI is InChI=1S/C16H17ClN2/c17-16-14(8-4-10-18-16)15-9-5-11-19(15)12-13-6-2-1-3-7-13/h1-4,6-8,10,15H,5,9,11-12H2/t15-/m1/s1. The van der Waals surface area contributed by atoms with Crippen LogP contribution in [0.5, 0.6) is 0 Å². The Labute approximate surface area is 119 Å². The zero-order valence-electron chi connectivity index (χ0n) is 10.8. The first-order valence-electron chi connectivity index (χ1n) is 6.73. The van der Waals surface area contributed by atoms with Gasteiger partial charge in [-0.05, 0) is 31.0 Å². The third-order valence-corrected chi connectivity index (χ3v) is 4.05. The molecule has 1 aliphatic heterocycles. The number of nitrogens with zero attached hydrogens (tertiary/aromatic N) is 2. The molecule has 2 aromatic rings. The Morgan fingerprint density at radius 1 is 1.16 bits per heavy atom. The summed E-state index contributed by atoms with van der Waals surface area (Å²) in [7, 11) is 0. The number of pyridine rings is 1. The third-order valence-electron chi connectivity index (χ3n) is 3.74. The molecule has 0 spiro atoms. The quantitative estimate of drug-likeness (QED) is 0.783. The molecule has 0 unspecified atom stereocenters. The second-order valence-corrected chi connectivity index (χ2v) is 5.36. The summed E-state index contributed by atoms with van der Waals surface area (Å²) in [4.78, 5) is 6.70. The van der Waals surface area contributed by atoms with Crippen molar-refractivity contribution in [2.75, 3.05) is 6.54 Å². The minimum Gasteiger partial charge on any atom is -0.292 e. The highest BCUT2D eigenvalue weighted by Gasteiger charge is 2.27. The van der Waals surface area contributed by atoms with E-state index in [9.17, 15) is 0 Å². The van der Waals surface area contributed by atoms with E-state index in [2.05, 4.69) is 46.3 Å². The topological polar surface area (TPSA) is 16.1 Å². The smallest absolute Gasteiger partial charge is 0.133 e. The number of likely N-dealkylation sites (tertiary alicyclic amines) is 1. The van der Waals surface area contributed by atoms with Gasteiger partial charge < -0.3 is 0 Å². The Morgan fingerprint density at radius 3 is 2.79 bits per heavy atom. The van der Waals surface area contributed by atoms with Gasteiger partial charge in [-0.3, -0.25) is 4.90 Å². The van der Waals surface area contributed by atoms with E-state index >= 15 is 0 Å². The lowest BCUT2D eigenvalue weighted by atomic mass is 10.1. The average molecular weight is 273 g/mol. The van der Waals surface area contributed by atoms with Crippen LogP contribution in [0.2, 0.25) is 5.15 Å². The SMILES string of the molecule is Clc1ncccc1[C@H]1CCCN1Cc1ccccc1. The largest absolute Gasteiger partial charge is 0.292 e. The number of halogens is 1. The molecular weight excluding hydrogens is 256 g/mol. The molecule has 3 heteroatoms. The van der Waals surface area contributed by atoms with Crippen LogP contribution in [0.4, 0.5) is 0 Å². The van der Waals surface area contributed by atoms with E-state index in [0.717, 1.165) is 25.1 Å². The third kappa shape index (κ3) is 2.80. The molecule has 0 saturated carbocycles. The molecule has 0 amide bonds. The van der Waals surface area contributed by atoms with Gasteiger partial charge in [-0.15, -0.1) is 0 Å². The lowest BCUT2D eigenvalue weighted by molar-refractivity contribution is 0.248. The van der Waals surface area contributed by atoms with Crippen LogP contribution in [0.25, 0.3) is 0 Å². The Hall–Kier alpha value is -1.38. The molecule has 0 radical (unpaired) electrons. The molecule has 1 aromatic carbocycles. The van der Waals surface area contributed by atoms with Crippen molar-refractivity contribution in [3.05, 3.63) is 64.9 Å². The minimum atomic E-state index is 0.404. The van der Waals surface area contributed by atoms with Crippen LogP contribution in [0.3, 0.4) is 0 Å². The Bertz CT molecular complexity index is 541. The first kappa shape index (κ1) is 12.6. The molecule has 0 N–H and O–H groups in total. The van der Waals surface area contributed by atoms with Crippen LogP contribution < -0.4 is 0 Å². The van der Waals surface area contributed by atoms with E-state index in [0.29, 0.717) is 11.2 Å². The van der Waals surface area contributed by atoms with Crippen molar-refractivity contribution in [3.63, 3.8) is 0 Å². The summed E-state index contributed by atoms with van der Waals surface area (Å²) in [5.41, 5.74) is 2.52. The van der Waals surface area contributed by atoms with Gasteiger partial charge in [0.05, 0.1) is 0 Å². The Kier molecular flexibility index (Phi) is 3.81. The fraction of sp³-hybridized carbons (Fsp3) is 0.312. The van der Waals surface area contributed by atoms with Gasteiger partial charge in [0.2, 0.25) is 0 Å². The van der Waals surface area contributed by atoms with Gasteiger partial charge in [0, 0.05) is 24.3 Å². The number of benzene rings is 1. The molecule has 0 aliphatic carbocycles. The maximum Gasteiger partial charge on any atom is 0.133 e. The van der Waals surface area contributed by atoms with Gasteiger partial charge in [0.1, 0.15) is 5.15 Å². The Morgan fingerprint density at radius 2 is 2.00 bits per heavy atom. The molecule has 0 bridgehead atoms. The lowest BCUT2D eigenvalue weighted by Crippen LogP contribution is -2.23. The van der Waals surface area contributed by atoms with Crippen molar-refractivity contribution in [2.45, 2.75) is 25.4 Å². The average Bonchev–Trinajstić information content (AvgIpc) is 2.88. The summed E-state index contributed by atoms with van der Waals surface area (Å²) in [6.45, 7) is 2.11. The Balaban J connectivity index is 1.81. The van der Waals surface area contributed by atoms with E-state index in [1.54, 1.807) is 6.20 Å². The number of aromatic nitrogens is 1. The summed E-state index contributed by atoms with van der Waals surface area (Å²) in [5, 5.41) is 0.646.